The zero-order valence-electron chi connectivity index (χ0n) is 17.8. The molecular formula is C23H27N5O2. The van der Waals surface area contributed by atoms with E-state index in [1.54, 1.807) is 37.3 Å². The first-order valence-corrected chi connectivity index (χ1v) is 10.3. The van der Waals surface area contributed by atoms with Gasteiger partial charge in [0.25, 0.3) is 11.8 Å². The number of hydrogen-bond acceptors (Lipinski definition) is 4. The molecular weight excluding hydrogens is 378 g/mol. The second-order valence-electron chi connectivity index (χ2n) is 8.37. The molecule has 156 valence electrons. The summed E-state index contributed by atoms with van der Waals surface area (Å²) < 4.78 is 1.87. The van der Waals surface area contributed by atoms with Crippen LogP contribution in [-0.2, 0) is 6.54 Å². The minimum atomic E-state index is -0.138. The lowest BCUT2D eigenvalue weighted by Gasteiger charge is -2.12. The summed E-state index contributed by atoms with van der Waals surface area (Å²) in [5, 5.41) is 8.24. The van der Waals surface area contributed by atoms with Crippen molar-refractivity contribution in [3.63, 3.8) is 0 Å². The lowest BCUT2D eigenvalue weighted by molar-refractivity contribution is 0.0827. The number of nitrogens with one attached hydrogen (secondary N) is 1. The van der Waals surface area contributed by atoms with Crippen LogP contribution in [0, 0.1) is 0 Å². The van der Waals surface area contributed by atoms with Crippen molar-refractivity contribution in [3.8, 4) is 0 Å². The van der Waals surface area contributed by atoms with Gasteiger partial charge in [-0.05, 0) is 50.5 Å². The summed E-state index contributed by atoms with van der Waals surface area (Å²) in [6.45, 7) is 4.50. The summed E-state index contributed by atoms with van der Waals surface area (Å²) in [6.07, 6.45) is 3.97. The number of nitrogens with zero attached hydrogens (tertiary/aromatic N) is 4. The Bertz CT molecular complexity index is 1090. The molecule has 30 heavy (non-hydrogen) atoms. The van der Waals surface area contributed by atoms with Gasteiger partial charge in [-0.1, -0.05) is 12.1 Å². The van der Waals surface area contributed by atoms with Crippen molar-refractivity contribution in [2.24, 2.45) is 0 Å². The molecule has 1 N–H and O–H groups in total. The molecule has 1 fully saturated rings. The number of fused-ring (bicyclic) bond motifs is 1. The van der Waals surface area contributed by atoms with Gasteiger partial charge in [0, 0.05) is 43.9 Å². The zero-order valence-corrected chi connectivity index (χ0v) is 17.8. The van der Waals surface area contributed by atoms with Crippen LogP contribution in [0.25, 0.3) is 11.0 Å². The molecule has 3 aromatic rings. The summed E-state index contributed by atoms with van der Waals surface area (Å²) in [5.41, 5.74) is 3.92. The highest BCUT2D eigenvalue weighted by molar-refractivity contribution is 6.05. The Labute approximate surface area is 176 Å². The van der Waals surface area contributed by atoms with E-state index in [1.807, 2.05) is 22.9 Å². The maximum atomic E-state index is 13.0. The van der Waals surface area contributed by atoms with Gasteiger partial charge >= 0.3 is 0 Å². The number of rotatable bonds is 6. The van der Waals surface area contributed by atoms with Crippen molar-refractivity contribution in [1.82, 2.24) is 25.0 Å². The third kappa shape index (κ3) is 3.92. The van der Waals surface area contributed by atoms with Crippen LogP contribution < -0.4 is 5.32 Å². The van der Waals surface area contributed by atoms with Crippen molar-refractivity contribution < 1.29 is 9.59 Å². The fourth-order valence-electron chi connectivity index (χ4n) is 3.49. The van der Waals surface area contributed by atoms with Crippen molar-refractivity contribution >= 4 is 22.8 Å². The third-order valence-electron chi connectivity index (χ3n) is 5.38. The van der Waals surface area contributed by atoms with E-state index in [0.29, 0.717) is 23.6 Å². The minimum Gasteiger partial charge on any atom is -0.348 e. The Kier molecular flexibility index (Phi) is 5.28. The molecule has 0 saturated heterocycles. The van der Waals surface area contributed by atoms with E-state index >= 15 is 0 Å². The predicted molar refractivity (Wildman–Crippen MR) is 116 cm³/mol. The Morgan fingerprint density at radius 3 is 2.50 bits per heavy atom. The largest absolute Gasteiger partial charge is 0.348 e. The number of hydrogen-bond donors (Lipinski definition) is 1. The topological polar surface area (TPSA) is 80.1 Å². The van der Waals surface area contributed by atoms with Crippen molar-refractivity contribution in [3.05, 3.63) is 58.9 Å². The van der Waals surface area contributed by atoms with Crippen LogP contribution >= 0.6 is 0 Å². The van der Waals surface area contributed by atoms with Gasteiger partial charge in [-0.15, -0.1) is 0 Å². The first-order chi connectivity index (χ1) is 14.3. The molecule has 0 atom stereocenters. The molecule has 0 bridgehead atoms. The molecule has 7 heteroatoms. The van der Waals surface area contributed by atoms with E-state index in [1.165, 1.54) is 0 Å². The second-order valence-corrected chi connectivity index (χ2v) is 8.37. The SMILES string of the molecule is CC(C)n1ncc2c(C(=O)NCc3ccc(C(=O)N(C)C)cc3)cc(C3CC3)nc21. The molecule has 1 aromatic carbocycles. The van der Waals surface area contributed by atoms with Gasteiger partial charge in [0.05, 0.1) is 17.1 Å². The van der Waals surface area contributed by atoms with Gasteiger partial charge in [0.2, 0.25) is 0 Å². The smallest absolute Gasteiger partial charge is 0.253 e. The molecule has 0 aliphatic heterocycles. The normalized spacial score (nSPS) is 13.6. The molecule has 2 aromatic heterocycles. The first-order valence-electron chi connectivity index (χ1n) is 10.3. The van der Waals surface area contributed by atoms with Gasteiger partial charge in [-0.3, -0.25) is 9.59 Å². The first kappa shape index (κ1) is 20.1. The highest BCUT2D eigenvalue weighted by Crippen LogP contribution is 2.40. The van der Waals surface area contributed by atoms with Crippen LogP contribution in [0.2, 0.25) is 0 Å². The fourth-order valence-corrected chi connectivity index (χ4v) is 3.49. The van der Waals surface area contributed by atoms with Gasteiger partial charge in [0.15, 0.2) is 5.65 Å². The molecule has 0 radical (unpaired) electrons. The molecule has 4 rings (SSSR count). The fraction of sp³-hybridized carbons (Fsp3) is 0.391. The molecule has 0 spiro atoms. The number of benzene rings is 1. The highest BCUT2D eigenvalue weighted by atomic mass is 16.2. The highest BCUT2D eigenvalue weighted by Gasteiger charge is 2.28. The lowest BCUT2D eigenvalue weighted by Crippen LogP contribution is -2.24. The monoisotopic (exact) mass is 405 g/mol. The van der Waals surface area contributed by atoms with Crippen LogP contribution in [-0.4, -0.2) is 45.6 Å². The van der Waals surface area contributed by atoms with Gasteiger partial charge in [-0.25, -0.2) is 9.67 Å². The lowest BCUT2D eigenvalue weighted by atomic mass is 10.1. The van der Waals surface area contributed by atoms with Gasteiger partial charge in [-0.2, -0.15) is 5.10 Å². The Morgan fingerprint density at radius 2 is 1.90 bits per heavy atom. The van der Waals surface area contributed by atoms with Crippen LogP contribution in [0.1, 0.15) is 70.6 Å². The van der Waals surface area contributed by atoms with E-state index in [-0.39, 0.29) is 17.9 Å². The quantitative estimate of drug-likeness (QED) is 0.680. The van der Waals surface area contributed by atoms with Crippen molar-refractivity contribution in [1.29, 1.82) is 0 Å². The summed E-state index contributed by atoms with van der Waals surface area (Å²) in [6, 6.07) is 9.39. The standard InChI is InChI=1S/C23H27N5O2/c1-14(2)28-21-19(13-25-28)18(11-20(26-21)16-9-10-16)22(29)24-12-15-5-7-17(8-6-15)23(30)27(3)4/h5-8,11,13-14,16H,9-10,12H2,1-4H3,(H,24,29). The van der Waals surface area contributed by atoms with Crippen LogP contribution in [0.15, 0.2) is 36.5 Å². The molecule has 1 aliphatic rings. The molecule has 7 nitrogen and oxygen atoms in total. The second kappa shape index (κ2) is 7.89. The van der Waals surface area contributed by atoms with E-state index in [4.69, 9.17) is 4.98 Å². The van der Waals surface area contributed by atoms with E-state index < -0.39 is 0 Å². The zero-order chi connectivity index (χ0) is 21.4. The van der Waals surface area contributed by atoms with Crippen molar-refractivity contribution in [2.75, 3.05) is 14.1 Å². The Morgan fingerprint density at radius 1 is 1.20 bits per heavy atom. The van der Waals surface area contributed by atoms with Crippen molar-refractivity contribution in [2.45, 2.75) is 45.2 Å². The number of carbonyl (C=O) groups is 2. The maximum Gasteiger partial charge on any atom is 0.253 e. The maximum absolute atomic E-state index is 13.0. The predicted octanol–water partition coefficient (Wildman–Crippen LogP) is 3.52. The van der Waals surface area contributed by atoms with E-state index in [0.717, 1.165) is 35.1 Å². The van der Waals surface area contributed by atoms with Crippen LogP contribution in [0.3, 0.4) is 0 Å². The number of amides is 2. The molecule has 1 aliphatic carbocycles. The Hall–Kier alpha value is -3.22. The van der Waals surface area contributed by atoms with E-state index in [9.17, 15) is 9.59 Å². The third-order valence-corrected chi connectivity index (χ3v) is 5.38. The molecule has 2 amide bonds. The molecule has 2 heterocycles. The van der Waals surface area contributed by atoms with Gasteiger partial charge < -0.3 is 10.2 Å². The average Bonchev–Trinajstić information content (AvgIpc) is 3.49. The summed E-state index contributed by atoms with van der Waals surface area (Å²) >= 11 is 0. The summed E-state index contributed by atoms with van der Waals surface area (Å²) in [4.78, 5) is 31.4. The van der Waals surface area contributed by atoms with Crippen LogP contribution in [0.5, 0.6) is 0 Å². The minimum absolute atomic E-state index is 0.0421. The summed E-state index contributed by atoms with van der Waals surface area (Å²) in [5.74, 6) is 0.263. The Balaban J connectivity index is 1.55. The van der Waals surface area contributed by atoms with E-state index in [2.05, 4.69) is 24.3 Å². The number of pyridine rings is 1. The van der Waals surface area contributed by atoms with Crippen LogP contribution in [0.4, 0.5) is 0 Å². The molecule has 1 saturated carbocycles. The number of aromatic nitrogens is 3. The van der Waals surface area contributed by atoms with Gasteiger partial charge in [0.1, 0.15) is 0 Å². The average molecular weight is 406 g/mol. The summed E-state index contributed by atoms with van der Waals surface area (Å²) in [7, 11) is 3.45. The molecule has 0 unspecified atom stereocenters. The number of carbonyl (C=O) groups excluding carboxylic acids is 2.